The van der Waals surface area contributed by atoms with Gasteiger partial charge in [-0.15, -0.1) is 0 Å². The van der Waals surface area contributed by atoms with Crippen molar-refractivity contribution in [2.75, 3.05) is 0 Å². The summed E-state index contributed by atoms with van der Waals surface area (Å²) in [5.41, 5.74) is -0.965. The van der Waals surface area contributed by atoms with E-state index in [0.29, 0.717) is 25.2 Å². The molecule has 90 valence electrons. The second-order valence-electron chi connectivity index (χ2n) is 4.89. The third-order valence-corrected chi connectivity index (χ3v) is 4.14. The molecule has 16 heavy (non-hydrogen) atoms. The van der Waals surface area contributed by atoms with Gasteiger partial charge in [0.25, 0.3) is 0 Å². The third-order valence-electron chi connectivity index (χ3n) is 4.14. The van der Waals surface area contributed by atoms with Crippen LogP contribution in [0.5, 0.6) is 0 Å². The van der Waals surface area contributed by atoms with Gasteiger partial charge >= 0.3 is 11.9 Å². The Morgan fingerprint density at radius 2 is 1.81 bits per heavy atom. The van der Waals surface area contributed by atoms with Gasteiger partial charge in [0.1, 0.15) is 0 Å². The van der Waals surface area contributed by atoms with E-state index in [1.165, 1.54) is 0 Å². The molecule has 2 N–H and O–H groups in total. The van der Waals surface area contributed by atoms with Crippen molar-refractivity contribution >= 4 is 11.9 Å². The van der Waals surface area contributed by atoms with Crippen molar-refractivity contribution < 1.29 is 19.8 Å². The van der Waals surface area contributed by atoms with E-state index in [1.807, 2.05) is 0 Å². The van der Waals surface area contributed by atoms with Crippen LogP contribution in [0.15, 0.2) is 0 Å². The lowest BCUT2D eigenvalue weighted by Gasteiger charge is -2.45. The number of hydrogen-bond donors (Lipinski definition) is 2. The number of carbonyl (C=O) groups is 2. The molecule has 0 aromatic heterocycles. The summed E-state index contributed by atoms with van der Waals surface area (Å²) in [7, 11) is 0. The van der Waals surface area contributed by atoms with Gasteiger partial charge in [-0.1, -0.05) is 20.3 Å². The van der Waals surface area contributed by atoms with E-state index in [4.69, 9.17) is 5.11 Å². The summed E-state index contributed by atoms with van der Waals surface area (Å²) < 4.78 is 0. The summed E-state index contributed by atoms with van der Waals surface area (Å²) in [6.45, 7) is 0. The van der Waals surface area contributed by atoms with Gasteiger partial charge in [-0.05, 0) is 31.6 Å². The van der Waals surface area contributed by atoms with Crippen molar-refractivity contribution in [3.8, 4) is 0 Å². The number of aliphatic carboxylic acids is 2. The molecule has 2 radical (unpaired) electrons. The molecule has 0 saturated heterocycles. The number of carboxylic acid groups (broad SMARTS) is 2. The van der Waals surface area contributed by atoms with E-state index < -0.39 is 23.3 Å². The Labute approximate surface area is 95.7 Å². The minimum absolute atomic E-state index is 0. The molecule has 0 aromatic carbocycles. The highest BCUT2D eigenvalue weighted by Crippen LogP contribution is 2.52. The quantitative estimate of drug-likeness (QED) is 0.755. The highest BCUT2D eigenvalue weighted by molar-refractivity contribution is 5.83. The van der Waals surface area contributed by atoms with Crippen LogP contribution in [0, 0.1) is 24.7 Å². The smallest absolute Gasteiger partial charge is 0.310 e. The lowest BCUT2D eigenvalue weighted by molar-refractivity contribution is -0.171. The topological polar surface area (TPSA) is 74.6 Å². The first-order valence-electron chi connectivity index (χ1n) is 5.52. The highest BCUT2D eigenvalue weighted by Gasteiger charge is 2.54. The van der Waals surface area contributed by atoms with Crippen molar-refractivity contribution in [2.24, 2.45) is 17.3 Å². The Bertz CT molecular complexity index is 299. The molecule has 4 heteroatoms. The largest absolute Gasteiger partial charge is 0.481 e. The van der Waals surface area contributed by atoms with Crippen LogP contribution in [0.1, 0.15) is 38.5 Å². The van der Waals surface area contributed by atoms with E-state index in [2.05, 4.69) is 0 Å². The average molecular weight is 226 g/mol. The molecule has 2 bridgehead atoms. The Morgan fingerprint density at radius 3 is 2.38 bits per heavy atom. The monoisotopic (exact) mass is 226 g/mol. The summed E-state index contributed by atoms with van der Waals surface area (Å²) >= 11 is 0. The molecular weight excluding hydrogens is 208 g/mol. The van der Waals surface area contributed by atoms with E-state index >= 15 is 0 Å². The molecule has 2 saturated carbocycles. The lowest BCUT2D eigenvalue weighted by atomic mass is 9.57. The third kappa shape index (κ3) is 1.81. The number of carboxylic acids is 2. The maximum Gasteiger partial charge on any atom is 0.310 e. The molecule has 2 aliphatic carbocycles. The van der Waals surface area contributed by atoms with Gasteiger partial charge in [-0.3, -0.25) is 9.59 Å². The lowest BCUT2D eigenvalue weighted by Crippen LogP contribution is -2.49. The Kier molecular flexibility index (Phi) is 3.61. The van der Waals surface area contributed by atoms with Crippen molar-refractivity contribution in [1.29, 1.82) is 0 Å². The summed E-state index contributed by atoms with van der Waals surface area (Å²) in [6, 6.07) is 0. The van der Waals surface area contributed by atoms with Crippen molar-refractivity contribution in [2.45, 2.75) is 38.5 Å². The first-order valence-corrected chi connectivity index (χ1v) is 5.52. The minimum Gasteiger partial charge on any atom is -0.481 e. The summed E-state index contributed by atoms with van der Waals surface area (Å²) in [5, 5.41) is 18.4. The molecular formula is C12H18O4. The van der Waals surface area contributed by atoms with E-state index in [0.717, 1.165) is 19.3 Å². The van der Waals surface area contributed by atoms with Gasteiger partial charge < -0.3 is 10.2 Å². The normalized spacial score (nSPS) is 37.2. The Hall–Kier alpha value is -1.06. The first kappa shape index (κ1) is 13.0. The zero-order valence-corrected chi connectivity index (χ0v) is 9.32. The molecule has 3 unspecified atom stereocenters. The number of hydrogen-bond acceptors (Lipinski definition) is 2. The highest BCUT2D eigenvalue weighted by atomic mass is 16.4. The maximum atomic E-state index is 11.3. The van der Waals surface area contributed by atoms with E-state index in [9.17, 15) is 14.7 Å². The summed E-state index contributed by atoms with van der Waals surface area (Å²) in [4.78, 5) is 22.4. The van der Waals surface area contributed by atoms with Gasteiger partial charge in [-0.25, -0.2) is 0 Å². The van der Waals surface area contributed by atoms with Crippen molar-refractivity contribution in [3.05, 3.63) is 7.43 Å². The second kappa shape index (κ2) is 4.44. The fourth-order valence-corrected chi connectivity index (χ4v) is 3.37. The van der Waals surface area contributed by atoms with Crippen LogP contribution < -0.4 is 0 Å². The van der Waals surface area contributed by atoms with Gasteiger partial charge in [0.15, 0.2) is 0 Å². The van der Waals surface area contributed by atoms with Gasteiger partial charge in [0, 0.05) is 0 Å². The molecule has 0 heterocycles. The first-order chi connectivity index (χ1) is 7.06. The summed E-state index contributed by atoms with van der Waals surface area (Å²) in [6.07, 6.45) is 4.45. The van der Waals surface area contributed by atoms with Gasteiger partial charge in [-0.2, -0.15) is 0 Å². The van der Waals surface area contributed by atoms with Crippen LogP contribution in [0.4, 0.5) is 0 Å². The number of rotatable bonds is 2. The van der Waals surface area contributed by atoms with E-state index in [-0.39, 0.29) is 7.43 Å². The molecule has 2 aliphatic rings. The Morgan fingerprint density at radius 1 is 1.12 bits per heavy atom. The van der Waals surface area contributed by atoms with Crippen LogP contribution >= 0.6 is 0 Å². The van der Waals surface area contributed by atoms with Crippen LogP contribution in [-0.4, -0.2) is 22.2 Å². The van der Waals surface area contributed by atoms with Crippen LogP contribution in [0.25, 0.3) is 0 Å². The van der Waals surface area contributed by atoms with Crippen LogP contribution in [0.3, 0.4) is 0 Å². The summed E-state index contributed by atoms with van der Waals surface area (Å²) in [5.74, 6) is -2.07. The molecule has 3 atom stereocenters. The van der Waals surface area contributed by atoms with Gasteiger partial charge in [0.2, 0.25) is 0 Å². The molecule has 0 amide bonds. The zero-order chi connectivity index (χ0) is 11.1. The molecule has 0 spiro atoms. The number of fused-ring (bicyclic) bond motifs is 2. The fraction of sp³-hybridized carbons (Fsp3) is 0.750. The van der Waals surface area contributed by atoms with E-state index in [1.54, 1.807) is 0 Å². The molecule has 2 fully saturated rings. The fourth-order valence-electron chi connectivity index (χ4n) is 3.37. The molecule has 4 nitrogen and oxygen atoms in total. The second-order valence-corrected chi connectivity index (χ2v) is 4.89. The average Bonchev–Trinajstić information content (AvgIpc) is 2.17. The molecule has 2 rings (SSSR count). The Balaban J connectivity index is 0.00000128. The van der Waals surface area contributed by atoms with Crippen LogP contribution in [0.2, 0.25) is 0 Å². The predicted octanol–water partition coefficient (Wildman–Crippen LogP) is 2.07. The molecule has 0 aliphatic heterocycles. The zero-order valence-electron chi connectivity index (χ0n) is 9.32. The van der Waals surface area contributed by atoms with Crippen LogP contribution in [-0.2, 0) is 9.59 Å². The molecule has 0 aromatic rings. The van der Waals surface area contributed by atoms with Gasteiger partial charge in [0.05, 0.1) is 11.3 Å². The SMILES string of the molecule is O=C(O)C1CCC2CCCC1(C(=O)O)C2.[CH2]. The predicted molar refractivity (Wildman–Crippen MR) is 57.7 cm³/mol. The minimum atomic E-state index is -0.965. The standard InChI is InChI=1S/C11H16O4.CH2/c12-9(13)8-4-3-7-2-1-5-11(8,6-7)10(14)15;/h7-8H,1-6H2,(H,12,13)(H,14,15);1H2. The van der Waals surface area contributed by atoms with Crippen molar-refractivity contribution in [3.63, 3.8) is 0 Å². The van der Waals surface area contributed by atoms with Crippen molar-refractivity contribution in [1.82, 2.24) is 0 Å². The maximum absolute atomic E-state index is 11.3.